The number of amides is 1. The summed E-state index contributed by atoms with van der Waals surface area (Å²) in [7, 11) is 0. The van der Waals surface area contributed by atoms with Gasteiger partial charge in [-0.2, -0.15) is 0 Å². The third-order valence-electron chi connectivity index (χ3n) is 5.20. The summed E-state index contributed by atoms with van der Waals surface area (Å²) in [6.45, 7) is 2.04. The molecule has 0 spiro atoms. The van der Waals surface area contributed by atoms with Gasteiger partial charge in [0.1, 0.15) is 11.1 Å². The first-order valence-corrected chi connectivity index (χ1v) is 10.4. The average molecular weight is 399 g/mol. The summed E-state index contributed by atoms with van der Waals surface area (Å²) in [6, 6.07) is 8.55. The highest BCUT2D eigenvalue weighted by atomic mass is 32.2. The van der Waals surface area contributed by atoms with E-state index in [-0.39, 0.29) is 29.3 Å². The van der Waals surface area contributed by atoms with Crippen molar-refractivity contribution >= 4 is 34.6 Å². The summed E-state index contributed by atoms with van der Waals surface area (Å²) in [6.07, 6.45) is 4.07. The van der Waals surface area contributed by atoms with Crippen molar-refractivity contribution in [3.05, 3.63) is 56.9 Å². The van der Waals surface area contributed by atoms with Gasteiger partial charge in [0.25, 0.3) is 5.91 Å². The van der Waals surface area contributed by atoms with Crippen LogP contribution in [0.1, 0.15) is 43.0 Å². The van der Waals surface area contributed by atoms with Crippen molar-refractivity contribution in [2.24, 2.45) is 5.92 Å². The maximum atomic E-state index is 12.8. The highest BCUT2D eigenvalue weighted by Crippen LogP contribution is 2.48. The number of carbonyl (C=O) groups excluding carboxylic acids is 2. The molecule has 2 aromatic rings. The number of fused-ring (bicyclic) bond motifs is 2. The lowest BCUT2D eigenvalue weighted by molar-refractivity contribution is -0.139. The normalized spacial score (nSPS) is 21.5. The number of rotatable bonds is 4. The molecule has 2 aliphatic rings. The molecule has 2 unspecified atom stereocenters. The van der Waals surface area contributed by atoms with Crippen molar-refractivity contribution in [2.75, 3.05) is 6.61 Å². The fraction of sp³-hybridized carbons (Fsp3) is 0.381. The lowest BCUT2D eigenvalue weighted by Crippen LogP contribution is -2.28. The van der Waals surface area contributed by atoms with Crippen molar-refractivity contribution in [1.29, 1.82) is 0 Å². The van der Waals surface area contributed by atoms with Gasteiger partial charge in [-0.25, -0.2) is 9.59 Å². The van der Waals surface area contributed by atoms with Gasteiger partial charge in [-0.15, -0.1) is 11.8 Å². The van der Waals surface area contributed by atoms with E-state index in [0.717, 1.165) is 25.7 Å². The van der Waals surface area contributed by atoms with Gasteiger partial charge in [0.05, 0.1) is 17.2 Å². The predicted octanol–water partition coefficient (Wildman–Crippen LogP) is 3.60. The second-order valence-electron chi connectivity index (χ2n) is 6.95. The van der Waals surface area contributed by atoms with Crippen LogP contribution in [0.2, 0.25) is 0 Å². The van der Waals surface area contributed by atoms with Gasteiger partial charge in [0, 0.05) is 16.6 Å². The zero-order valence-electron chi connectivity index (χ0n) is 15.5. The van der Waals surface area contributed by atoms with E-state index in [1.54, 1.807) is 25.1 Å². The molecule has 1 aromatic carbocycles. The average Bonchev–Trinajstić information content (AvgIpc) is 3.05. The monoisotopic (exact) mass is 399 g/mol. The maximum Gasteiger partial charge on any atom is 0.349 e. The van der Waals surface area contributed by atoms with Crippen LogP contribution in [0.15, 0.2) is 50.1 Å². The zero-order valence-corrected chi connectivity index (χ0v) is 16.3. The fourth-order valence-electron chi connectivity index (χ4n) is 3.89. The van der Waals surface area contributed by atoms with Crippen LogP contribution in [0, 0.1) is 5.92 Å². The minimum atomic E-state index is -0.699. The zero-order chi connectivity index (χ0) is 19.7. The summed E-state index contributed by atoms with van der Waals surface area (Å²) in [5.74, 6) is -0.867. The first kappa shape index (κ1) is 18.8. The van der Waals surface area contributed by atoms with Crippen LogP contribution < -0.4 is 10.9 Å². The van der Waals surface area contributed by atoms with Crippen LogP contribution >= 0.6 is 11.8 Å². The second kappa shape index (κ2) is 7.83. The Bertz CT molecular complexity index is 1020. The minimum absolute atomic E-state index is 0.0788. The Kier molecular flexibility index (Phi) is 5.26. The summed E-state index contributed by atoms with van der Waals surface area (Å²) in [5.41, 5.74) is 0.187. The highest BCUT2D eigenvalue weighted by molar-refractivity contribution is 8.04. The summed E-state index contributed by atoms with van der Waals surface area (Å²) >= 11 is 1.50. The Balaban J connectivity index is 1.66. The Morgan fingerprint density at radius 1 is 1.25 bits per heavy atom. The Hall–Kier alpha value is -2.54. The number of thioether (sulfide) groups is 1. The molecule has 7 heteroatoms. The first-order valence-electron chi connectivity index (χ1n) is 9.50. The molecule has 0 bridgehead atoms. The van der Waals surface area contributed by atoms with E-state index in [0.29, 0.717) is 21.6 Å². The molecule has 1 saturated carbocycles. The van der Waals surface area contributed by atoms with Crippen LogP contribution in [0.3, 0.4) is 0 Å². The Labute approximate surface area is 166 Å². The molecule has 1 aromatic heterocycles. The molecule has 1 N–H and O–H groups in total. The number of carbonyl (C=O) groups is 2. The van der Waals surface area contributed by atoms with Crippen LogP contribution in [0.4, 0.5) is 0 Å². The van der Waals surface area contributed by atoms with E-state index in [1.807, 2.05) is 6.07 Å². The third kappa shape index (κ3) is 3.46. The van der Waals surface area contributed by atoms with Gasteiger partial charge in [-0.3, -0.25) is 4.79 Å². The van der Waals surface area contributed by atoms with Crippen molar-refractivity contribution < 1.29 is 18.7 Å². The van der Waals surface area contributed by atoms with Gasteiger partial charge >= 0.3 is 11.6 Å². The SMILES string of the molecule is CCOC(=O)C1=C(NC(=O)c2cc3ccccc3oc2=O)SC2CCCCC12. The number of hydrogen-bond donors (Lipinski definition) is 1. The molecule has 4 rings (SSSR count). The van der Waals surface area contributed by atoms with Crippen LogP contribution in [-0.2, 0) is 9.53 Å². The molecule has 0 radical (unpaired) electrons. The molecule has 1 aliphatic carbocycles. The van der Waals surface area contributed by atoms with E-state index in [2.05, 4.69) is 5.32 Å². The quantitative estimate of drug-likeness (QED) is 0.624. The number of para-hydroxylation sites is 1. The summed E-state index contributed by atoms with van der Waals surface area (Å²) < 4.78 is 10.5. The molecular formula is C21H21NO5S. The minimum Gasteiger partial charge on any atom is -0.463 e. The molecule has 6 nitrogen and oxygen atoms in total. The van der Waals surface area contributed by atoms with E-state index < -0.39 is 11.5 Å². The molecule has 1 aliphatic heterocycles. The van der Waals surface area contributed by atoms with Crippen molar-refractivity contribution in [1.82, 2.24) is 5.32 Å². The number of esters is 1. The van der Waals surface area contributed by atoms with E-state index in [4.69, 9.17) is 9.15 Å². The number of nitrogens with one attached hydrogen (secondary N) is 1. The topological polar surface area (TPSA) is 85.6 Å². The van der Waals surface area contributed by atoms with Gasteiger partial charge in [-0.1, -0.05) is 31.0 Å². The molecule has 146 valence electrons. The van der Waals surface area contributed by atoms with Crippen molar-refractivity contribution in [3.63, 3.8) is 0 Å². The van der Waals surface area contributed by atoms with E-state index >= 15 is 0 Å². The van der Waals surface area contributed by atoms with Crippen LogP contribution in [0.25, 0.3) is 11.0 Å². The second-order valence-corrected chi connectivity index (χ2v) is 8.20. The van der Waals surface area contributed by atoms with Crippen molar-refractivity contribution in [2.45, 2.75) is 37.9 Å². The molecule has 1 fully saturated rings. The molecule has 28 heavy (non-hydrogen) atoms. The lowest BCUT2D eigenvalue weighted by atomic mass is 9.84. The van der Waals surface area contributed by atoms with Crippen LogP contribution in [-0.4, -0.2) is 23.7 Å². The maximum absolute atomic E-state index is 12.8. The van der Waals surface area contributed by atoms with Crippen molar-refractivity contribution in [3.8, 4) is 0 Å². The van der Waals surface area contributed by atoms with Gasteiger partial charge < -0.3 is 14.5 Å². The largest absolute Gasteiger partial charge is 0.463 e. The van der Waals surface area contributed by atoms with Gasteiger partial charge in [0.2, 0.25) is 0 Å². The van der Waals surface area contributed by atoms with Gasteiger partial charge in [-0.05, 0) is 31.9 Å². The summed E-state index contributed by atoms with van der Waals surface area (Å²) in [5, 5.41) is 4.22. The molecule has 1 amide bonds. The first-order chi connectivity index (χ1) is 13.6. The molecule has 0 saturated heterocycles. The molecular weight excluding hydrogens is 378 g/mol. The fourth-order valence-corrected chi connectivity index (χ4v) is 5.43. The number of hydrogen-bond acceptors (Lipinski definition) is 6. The summed E-state index contributed by atoms with van der Waals surface area (Å²) in [4.78, 5) is 37.6. The van der Waals surface area contributed by atoms with Gasteiger partial charge in [0.15, 0.2) is 0 Å². The smallest absolute Gasteiger partial charge is 0.349 e. The third-order valence-corrected chi connectivity index (χ3v) is 6.62. The highest BCUT2D eigenvalue weighted by Gasteiger charge is 2.41. The number of ether oxygens (including phenoxy) is 1. The number of benzene rings is 1. The Morgan fingerprint density at radius 2 is 2.04 bits per heavy atom. The van der Waals surface area contributed by atoms with E-state index in [9.17, 15) is 14.4 Å². The Morgan fingerprint density at radius 3 is 2.86 bits per heavy atom. The van der Waals surface area contributed by atoms with E-state index in [1.165, 1.54) is 17.8 Å². The molecule has 2 heterocycles. The lowest BCUT2D eigenvalue weighted by Gasteiger charge is -2.25. The predicted molar refractivity (Wildman–Crippen MR) is 107 cm³/mol. The standard InChI is InChI=1S/C21H21NO5S/c1-2-26-21(25)17-13-8-4-6-10-16(13)28-19(17)22-18(23)14-11-12-7-3-5-9-15(12)27-20(14)24/h3,5,7,9,11,13,16H,2,4,6,8,10H2,1H3,(H,22,23). The van der Waals surface area contributed by atoms with Crippen LogP contribution in [0.5, 0.6) is 0 Å². The molecule has 2 atom stereocenters.